The first kappa shape index (κ1) is 24.8. The highest BCUT2D eigenvalue weighted by Gasteiger charge is 2.41. The molecule has 8 heteroatoms. The third kappa shape index (κ3) is 6.28. The molecule has 0 spiro atoms. The van der Waals surface area contributed by atoms with Crippen LogP contribution in [0.15, 0.2) is 72.8 Å². The van der Waals surface area contributed by atoms with Crippen molar-refractivity contribution < 1.29 is 19.1 Å². The molecule has 2 atom stereocenters. The summed E-state index contributed by atoms with van der Waals surface area (Å²) in [5.74, 6) is 0.254. The zero-order valence-corrected chi connectivity index (χ0v) is 20.8. The Hall–Kier alpha value is -3.88. The second kappa shape index (κ2) is 10.6. The molecule has 1 saturated heterocycles. The van der Waals surface area contributed by atoms with Gasteiger partial charge in [-0.15, -0.1) is 0 Å². The third-order valence-electron chi connectivity index (χ3n) is 6.86. The summed E-state index contributed by atoms with van der Waals surface area (Å²) >= 11 is 0. The van der Waals surface area contributed by atoms with E-state index in [0.717, 1.165) is 31.7 Å². The predicted molar refractivity (Wildman–Crippen MR) is 144 cm³/mol. The Kier molecular flexibility index (Phi) is 7.12. The highest BCUT2D eigenvalue weighted by Crippen LogP contribution is 2.41. The van der Waals surface area contributed by atoms with Gasteiger partial charge in [0.15, 0.2) is 0 Å². The number of ether oxygens (including phenoxy) is 2. The highest BCUT2D eigenvalue weighted by atomic mass is 16.5. The molecule has 3 aromatic carbocycles. The molecule has 1 aliphatic carbocycles. The third-order valence-corrected chi connectivity index (χ3v) is 6.86. The largest absolute Gasteiger partial charge is 0.444 e. The minimum Gasteiger partial charge on any atom is -0.444 e. The summed E-state index contributed by atoms with van der Waals surface area (Å²) in [7, 11) is 0. The Morgan fingerprint density at radius 1 is 1.00 bits per heavy atom. The Bertz CT molecular complexity index is 1260. The van der Waals surface area contributed by atoms with E-state index in [4.69, 9.17) is 15.2 Å². The van der Waals surface area contributed by atoms with Crippen molar-refractivity contribution in [2.45, 2.75) is 31.9 Å². The lowest BCUT2D eigenvalue weighted by atomic mass is 9.89. The Morgan fingerprint density at radius 3 is 2.41 bits per heavy atom. The smallest absolute Gasteiger partial charge is 0.411 e. The number of hydrogen-bond acceptors (Lipinski definition) is 6. The van der Waals surface area contributed by atoms with E-state index in [9.17, 15) is 9.59 Å². The van der Waals surface area contributed by atoms with Crippen LogP contribution in [0.5, 0.6) is 0 Å². The van der Waals surface area contributed by atoms with Gasteiger partial charge in [-0.1, -0.05) is 43.3 Å². The second-order valence-electron chi connectivity index (χ2n) is 10.2. The summed E-state index contributed by atoms with van der Waals surface area (Å²) in [6, 6.07) is 22.4. The van der Waals surface area contributed by atoms with E-state index in [1.54, 1.807) is 48.5 Å². The molecule has 0 aromatic heterocycles. The zero-order chi connectivity index (χ0) is 25.8. The van der Waals surface area contributed by atoms with Crippen LogP contribution in [0.2, 0.25) is 0 Å². The van der Waals surface area contributed by atoms with Gasteiger partial charge in [-0.25, -0.2) is 4.79 Å². The van der Waals surface area contributed by atoms with Crippen molar-refractivity contribution in [1.29, 1.82) is 0 Å². The topological polar surface area (TPSA) is 115 Å². The normalized spacial score (nSPS) is 19.4. The van der Waals surface area contributed by atoms with Gasteiger partial charge in [-0.05, 0) is 53.9 Å². The lowest BCUT2D eigenvalue weighted by Gasteiger charge is -2.38. The molecule has 192 valence electrons. The van der Waals surface area contributed by atoms with Crippen LogP contribution in [0, 0.1) is 5.41 Å². The summed E-state index contributed by atoms with van der Waals surface area (Å²) in [4.78, 5) is 24.7. The molecule has 37 heavy (non-hydrogen) atoms. The summed E-state index contributed by atoms with van der Waals surface area (Å²) < 4.78 is 10.7. The van der Waals surface area contributed by atoms with Crippen LogP contribution in [0.1, 0.15) is 40.7 Å². The zero-order valence-electron chi connectivity index (χ0n) is 20.8. The highest BCUT2D eigenvalue weighted by molar-refractivity contribution is 6.06. The van der Waals surface area contributed by atoms with Gasteiger partial charge in [0.1, 0.15) is 6.61 Å². The number of rotatable bonds is 9. The molecule has 5 N–H and O–H groups in total. The van der Waals surface area contributed by atoms with E-state index in [-0.39, 0.29) is 17.9 Å². The van der Waals surface area contributed by atoms with Crippen molar-refractivity contribution >= 4 is 29.1 Å². The van der Waals surface area contributed by atoms with Gasteiger partial charge < -0.3 is 25.8 Å². The van der Waals surface area contributed by atoms with Gasteiger partial charge in [-0.2, -0.15) is 0 Å². The molecular weight excluding hydrogens is 468 g/mol. The number of benzene rings is 3. The number of carbonyl (C=O) groups excluding carboxylic acids is 2. The number of carbonyl (C=O) groups is 2. The van der Waals surface area contributed by atoms with Gasteiger partial charge >= 0.3 is 6.09 Å². The van der Waals surface area contributed by atoms with Crippen LogP contribution in [-0.4, -0.2) is 37.8 Å². The van der Waals surface area contributed by atoms with E-state index in [1.165, 1.54) is 5.56 Å². The molecule has 0 bridgehead atoms. The van der Waals surface area contributed by atoms with E-state index in [0.29, 0.717) is 34.6 Å². The number of para-hydroxylation sites is 2. The second-order valence-corrected chi connectivity index (χ2v) is 10.2. The van der Waals surface area contributed by atoms with Crippen LogP contribution in [-0.2, 0) is 16.1 Å². The van der Waals surface area contributed by atoms with Gasteiger partial charge in [0.2, 0.25) is 0 Å². The molecule has 1 unspecified atom stereocenters. The molecule has 2 aliphatic rings. The molecule has 3 aromatic rings. The van der Waals surface area contributed by atoms with Gasteiger partial charge in [-0.3, -0.25) is 10.1 Å². The summed E-state index contributed by atoms with van der Waals surface area (Å²) in [6.07, 6.45) is 0.592. The maximum Gasteiger partial charge on any atom is 0.411 e. The van der Waals surface area contributed by atoms with Crippen LogP contribution in [0.4, 0.5) is 21.9 Å². The standard InChI is InChI=1S/C29H32N4O4/c1-29(17-36-18-29)16-31-26-14-23(26)20-8-6-19(7-9-20)15-37-28(35)32-22-12-10-21(11-13-22)27(34)33-25-5-3-2-4-24(25)30/h2-13,23,26,31H,14-18,30H2,1H3,(H,32,35)(H,33,34)/t23-,26?/m1/s1. The van der Waals surface area contributed by atoms with Crippen LogP contribution >= 0.6 is 0 Å². The fourth-order valence-corrected chi connectivity index (χ4v) is 4.39. The Balaban J connectivity index is 1.05. The first-order valence-corrected chi connectivity index (χ1v) is 12.5. The van der Waals surface area contributed by atoms with Crippen LogP contribution < -0.4 is 21.7 Å². The van der Waals surface area contributed by atoms with Crippen LogP contribution in [0.3, 0.4) is 0 Å². The van der Waals surface area contributed by atoms with Crippen molar-refractivity contribution in [2.75, 3.05) is 36.1 Å². The van der Waals surface area contributed by atoms with Crippen molar-refractivity contribution in [3.8, 4) is 0 Å². The van der Waals surface area contributed by atoms with E-state index >= 15 is 0 Å². The first-order valence-electron chi connectivity index (χ1n) is 12.5. The lowest BCUT2D eigenvalue weighted by molar-refractivity contribution is -0.0992. The Labute approximate surface area is 216 Å². The molecule has 8 nitrogen and oxygen atoms in total. The summed E-state index contributed by atoms with van der Waals surface area (Å²) in [5, 5.41) is 9.13. The number of hydrogen-bond donors (Lipinski definition) is 4. The summed E-state index contributed by atoms with van der Waals surface area (Å²) in [5.41, 5.74) is 10.4. The number of nitrogens with two attached hydrogens (primary N) is 1. The van der Waals surface area contributed by atoms with Crippen molar-refractivity contribution in [3.63, 3.8) is 0 Å². The van der Waals surface area contributed by atoms with Gasteiger partial charge in [0.05, 0.1) is 24.6 Å². The molecule has 2 amide bonds. The number of anilines is 3. The minimum atomic E-state index is -0.557. The summed E-state index contributed by atoms with van der Waals surface area (Å²) in [6.45, 7) is 5.10. The molecule has 0 radical (unpaired) electrons. The molecule has 1 aliphatic heterocycles. The maximum atomic E-state index is 12.4. The van der Waals surface area contributed by atoms with Gasteiger partial charge in [0, 0.05) is 35.2 Å². The van der Waals surface area contributed by atoms with Crippen molar-refractivity contribution in [2.24, 2.45) is 5.41 Å². The average Bonchev–Trinajstić information content (AvgIpc) is 3.67. The number of nitrogen functional groups attached to an aromatic ring is 1. The van der Waals surface area contributed by atoms with Crippen molar-refractivity contribution in [1.82, 2.24) is 5.32 Å². The molecule has 1 heterocycles. The quantitative estimate of drug-likeness (QED) is 0.315. The number of amides is 2. The molecular formula is C29H32N4O4. The lowest BCUT2D eigenvalue weighted by Crippen LogP contribution is -2.47. The van der Waals surface area contributed by atoms with Gasteiger partial charge in [0.25, 0.3) is 5.91 Å². The minimum absolute atomic E-state index is 0.176. The Morgan fingerprint density at radius 2 is 1.73 bits per heavy atom. The van der Waals surface area contributed by atoms with Crippen molar-refractivity contribution in [3.05, 3.63) is 89.5 Å². The maximum absolute atomic E-state index is 12.4. The van der Waals surface area contributed by atoms with E-state index < -0.39 is 6.09 Å². The SMILES string of the molecule is CC1(CNC2C[C@@H]2c2ccc(COC(=O)Nc3ccc(C(=O)Nc4ccccc4N)cc3)cc2)COC1. The fourth-order valence-electron chi connectivity index (χ4n) is 4.39. The molecule has 2 fully saturated rings. The predicted octanol–water partition coefficient (Wildman–Crippen LogP) is 4.75. The fraction of sp³-hybridized carbons (Fsp3) is 0.310. The van der Waals surface area contributed by atoms with E-state index in [1.807, 2.05) is 12.1 Å². The number of nitrogens with one attached hydrogen (secondary N) is 3. The monoisotopic (exact) mass is 500 g/mol. The van der Waals surface area contributed by atoms with Crippen LogP contribution in [0.25, 0.3) is 0 Å². The average molecular weight is 501 g/mol. The molecule has 5 rings (SSSR count). The molecule has 1 saturated carbocycles. The first-order chi connectivity index (χ1) is 17.9. The van der Waals surface area contributed by atoms with E-state index in [2.05, 4.69) is 35.0 Å².